The molecule has 0 aromatic heterocycles. The van der Waals surface area contributed by atoms with Crippen LogP contribution in [-0.2, 0) is 0 Å². The first-order chi connectivity index (χ1) is 5.70. The molecule has 0 spiro atoms. The van der Waals surface area contributed by atoms with Crippen LogP contribution in [0, 0.1) is 23.2 Å². The summed E-state index contributed by atoms with van der Waals surface area (Å²) in [4.78, 5) is 0. The van der Waals surface area contributed by atoms with Gasteiger partial charge < -0.3 is 5.11 Å². The van der Waals surface area contributed by atoms with Crippen LogP contribution in [0.25, 0.3) is 0 Å². The molecule has 0 radical (unpaired) electrons. The fraction of sp³-hybridized carbons (Fsp3) is 1.00. The number of rotatable bonds is 1. The van der Waals surface area contributed by atoms with Crippen LogP contribution in [0.1, 0.15) is 39.0 Å². The highest BCUT2D eigenvalue weighted by Crippen LogP contribution is 2.65. The Morgan fingerprint density at radius 3 is 2.17 bits per heavy atom. The van der Waals surface area contributed by atoms with Crippen molar-refractivity contribution in [2.24, 2.45) is 23.2 Å². The van der Waals surface area contributed by atoms with Gasteiger partial charge in [0, 0.05) is 0 Å². The molecule has 0 aromatic rings. The summed E-state index contributed by atoms with van der Waals surface area (Å²) >= 11 is 0. The van der Waals surface area contributed by atoms with Gasteiger partial charge in [0.25, 0.3) is 0 Å². The van der Waals surface area contributed by atoms with E-state index in [0.29, 0.717) is 5.41 Å². The minimum atomic E-state index is -0.0481. The number of aliphatic hydroxyl groups excluding tert-OH is 1. The van der Waals surface area contributed by atoms with E-state index >= 15 is 0 Å². The molecular weight excluding hydrogens is 148 g/mol. The average molecular weight is 166 g/mol. The largest absolute Gasteiger partial charge is 0.393 e. The Morgan fingerprint density at radius 1 is 1.17 bits per heavy atom. The van der Waals surface area contributed by atoms with Crippen molar-refractivity contribution in [1.29, 1.82) is 0 Å². The molecule has 0 aromatic carbocycles. The van der Waals surface area contributed by atoms with Crippen LogP contribution >= 0.6 is 0 Å². The van der Waals surface area contributed by atoms with Gasteiger partial charge in [0.2, 0.25) is 0 Å². The summed E-state index contributed by atoms with van der Waals surface area (Å²) < 4.78 is 0. The minimum Gasteiger partial charge on any atom is -0.393 e. The Bertz CT molecular complexity index is 190. The molecule has 3 unspecified atom stereocenters. The Morgan fingerprint density at radius 2 is 1.75 bits per heavy atom. The lowest BCUT2D eigenvalue weighted by atomic mass is 9.67. The maximum Gasteiger partial charge on any atom is 0.0568 e. The van der Waals surface area contributed by atoms with Gasteiger partial charge in [-0.3, -0.25) is 0 Å². The van der Waals surface area contributed by atoms with E-state index in [1.165, 1.54) is 32.1 Å². The lowest BCUT2D eigenvalue weighted by Gasteiger charge is -2.40. The smallest absolute Gasteiger partial charge is 0.0568 e. The maximum absolute atomic E-state index is 9.79. The van der Waals surface area contributed by atoms with Crippen molar-refractivity contribution in [1.82, 2.24) is 0 Å². The van der Waals surface area contributed by atoms with Gasteiger partial charge in [0.15, 0.2) is 0 Å². The van der Waals surface area contributed by atoms with E-state index in [1.807, 2.05) is 6.92 Å². The molecule has 4 aliphatic carbocycles. The first-order valence-corrected chi connectivity index (χ1v) is 5.38. The summed E-state index contributed by atoms with van der Waals surface area (Å²) in [5.74, 6) is 2.98. The molecule has 3 atom stereocenters. The summed E-state index contributed by atoms with van der Waals surface area (Å²) in [5.41, 5.74) is 0.372. The lowest BCUT2D eigenvalue weighted by Crippen LogP contribution is -2.36. The van der Waals surface area contributed by atoms with Gasteiger partial charge in [-0.25, -0.2) is 0 Å². The normalized spacial score (nSPS) is 58.0. The van der Waals surface area contributed by atoms with Crippen LogP contribution in [0.5, 0.6) is 0 Å². The zero-order chi connectivity index (χ0) is 8.34. The molecule has 4 aliphatic rings. The first-order valence-electron chi connectivity index (χ1n) is 5.38. The predicted molar refractivity (Wildman–Crippen MR) is 47.7 cm³/mol. The summed E-state index contributed by atoms with van der Waals surface area (Å²) in [5, 5.41) is 9.79. The highest BCUT2D eigenvalue weighted by atomic mass is 16.3. The fourth-order valence-electron chi connectivity index (χ4n) is 4.39. The Kier molecular flexibility index (Phi) is 1.27. The monoisotopic (exact) mass is 166 g/mol. The SMILES string of the molecule is CC(O)C12CC3CC(C1)C(C3)C2. The second-order valence-electron chi connectivity index (χ2n) is 5.51. The van der Waals surface area contributed by atoms with Gasteiger partial charge >= 0.3 is 0 Å². The van der Waals surface area contributed by atoms with E-state index in [2.05, 4.69) is 0 Å². The van der Waals surface area contributed by atoms with E-state index in [-0.39, 0.29) is 6.10 Å². The average Bonchev–Trinajstić information content (AvgIpc) is 2.39. The van der Waals surface area contributed by atoms with Crippen LogP contribution in [0.15, 0.2) is 0 Å². The quantitative estimate of drug-likeness (QED) is 0.633. The molecule has 4 fully saturated rings. The zero-order valence-electron chi connectivity index (χ0n) is 7.79. The van der Waals surface area contributed by atoms with Gasteiger partial charge in [-0.1, -0.05) is 0 Å². The highest BCUT2D eigenvalue weighted by molar-refractivity contribution is 5.07. The van der Waals surface area contributed by atoms with Crippen LogP contribution in [0.4, 0.5) is 0 Å². The van der Waals surface area contributed by atoms with Crippen LogP contribution in [0.3, 0.4) is 0 Å². The maximum atomic E-state index is 9.79. The van der Waals surface area contributed by atoms with E-state index in [1.54, 1.807) is 0 Å². The van der Waals surface area contributed by atoms with Crippen molar-refractivity contribution in [3.8, 4) is 0 Å². The Balaban J connectivity index is 1.93. The van der Waals surface area contributed by atoms with Gasteiger partial charge in [-0.15, -0.1) is 0 Å². The molecule has 4 bridgehead atoms. The number of aliphatic hydroxyl groups is 1. The van der Waals surface area contributed by atoms with Gasteiger partial charge in [-0.2, -0.15) is 0 Å². The van der Waals surface area contributed by atoms with Crippen molar-refractivity contribution in [2.45, 2.75) is 45.1 Å². The minimum absolute atomic E-state index is 0.0481. The summed E-state index contributed by atoms with van der Waals surface area (Å²) in [7, 11) is 0. The third-order valence-electron chi connectivity index (χ3n) is 4.86. The molecule has 4 saturated carbocycles. The number of hydrogen-bond acceptors (Lipinski definition) is 1. The van der Waals surface area contributed by atoms with Crippen LogP contribution < -0.4 is 0 Å². The van der Waals surface area contributed by atoms with Crippen molar-refractivity contribution in [3.05, 3.63) is 0 Å². The Hall–Kier alpha value is -0.0400. The molecule has 0 aliphatic heterocycles. The topological polar surface area (TPSA) is 20.2 Å². The van der Waals surface area contributed by atoms with E-state index in [0.717, 1.165) is 17.8 Å². The second kappa shape index (κ2) is 2.06. The van der Waals surface area contributed by atoms with Crippen LogP contribution in [-0.4, -0.2) is 11.2 Å². The molecule has 12 heavy (non-hydrogen) atoms. The highest BCUT2D eigenvalue weighted by Gasteiger charge is 2.57. The zero-order valence-corrected chi connectivity index (χ0v) is 7.79. The summed E-state index contributed by atoms with van der Waals surface area (Å²) in [6, 6.07) is 0. The fourth-order valence-corrected chi connectivity index (χ4v) is 4.39. The third-order valence-corrected chi connectivity index (χ3v) is 4.86. The number of hydrogen-bond donors (Lipinski definition) is 1. The standard InChI is InChI=1S/C11H18O/c1-7(12)11-4-8-2-9(5-11)10(3-8)6-11/h7-10,12H,2-6H2,1H3. The van der Waals surface area contributed by atoms with Crippen molar-refractivity contribution in [3.63, 3.8) is 0 Å². The second-order valence-corrected chi connectivity index (χ2v) is 5.51. The molecule has 0 amide bonds. The molecule has 68 valence electrons. The van der Waals surface area contributed by atoms with Crippen molar-refractivity contribution < 1.29 is 5.11 Å². The van der Waals surface area contributed by atoms with Gasteiger partial charge in [-0.05, 0) is 62.2 Å². The molecular formula is C11H18O. The van der Waals surface area contributed by atoms with E-state index in [4.69, 9.17) is 0 Å². The summed E-state index contributed by atoms with van der Waals surface area (Å²) in [6.07, 6.45) is 6.93. The molecule has 0 saturated heterocycles. The molecule has 1 N–H and O–H groups in total. The first kappa shape index (κ1) is 7.37. The van der Waals surface area contributed by atoms with Crippen molar-refractivity contribution in [2.75, 3.05) is 0 Å². The lowest BCUT2D eigenvalue weighted by molar-refractivity contribution is -0.00465. The van der Waals surface area contributed by atoms with E-state index < -0.39 is 0 Å². The summed E-state index contributed by atoms with van der Waals surface area (Å²) in [6.45, 7) is 2.01. The third kappa shape index (κ3) is 0.736. The van der Waals surface area contributed by atoms with Gasteiger partial charge in [0.05, 0.1) is 6.10 Å². The molecule has 1 nitrogen and oxygen atoms in total. The molecule has 1 heteroatoms. The van der Waals surface area contributed by atoms with E-state index in [9.17, 15) is 5.11 Å². The Labute approximate surface area is 74.2 Å². The van der Waals surface area contributed by atoms with Crippen molar-refractivity contribution >= 4 is 0 Å². The molecule has 4 rings (SSSR count). The molecule has 0 heterocycles. The van der Waals surface area contributed by atoms with Gasteiger partial charge in [0.1, 0.15) is 0 Å². The van der Waals surface area contributed by atoms with Crippen LogP contribution in [0.2, 0.25) is 0 Å². The predicted octanol–water partition coefficient (Wildman–Crippen LogP) is 2.19.